The van der Waals surface area contributed by atoms with Gasteiger partial charge in [0.25, 0.3) is 0 Å². The molecule has 0 saturated heterocycles. The fraction of sp³-hybridized carbons (Fsp3) is 0.556. The second kappa shape index (κ2) is 5.35. The Morgan fingerprint density at radius 2 is 2.00 bits per heavy atom. The average Bonchev–Trinajstić information content (AvgIpc) is 1.96. The zero-order valence-electron chi connectivity index (χ0n) is 8.13. The lowest BCUT2D eigenvalue weighted by atomic mass is 10.0. The molecule has 74 valence electrons. The van der Waals surface area contributed by atoms with Crippen molar-refractivity contribution >= 4 is 11.9 Å². The minimum Gasteiger partial charge on any atom is -0.478 e. The fourth-order valence-electron chi connectivity index (χ4n) is 0.837. The highest BCUT2D eigenvalue weighted by Crippen LogP contribution is 2.09. The van der Waals surface area contributed by atoms with Crippen LogP contribution in [0.1, 0.15) is 27.2 Å². The summed E-state index contributed by atoms with van der Waals surface area (Å²) >= 11 is 0. The van der Waals surface area contributed by atoms with E-state index < -0.39 is 5.97 Å². The zero-order chi connectivity index (χ0) is 10.4. The predicted octanol–water partition coefficient (Wildman–Crippen LogP) is 1.14. The van der Waals surface area contributed by atoms with E-state index in [2.05, 4.69) is 5.32 Å². The molecule has 0 bridgehead atoms. The van der Waals surface area contributed by atoms with Gasteiger partial charge in [0.1, 0.15) is 0 Å². The number of carbonyl (C=O) groups excluding carboxylic acids is 1. The Kier molecular flexibility index (Phi) is 4.80. The Bertz CT molecular complexity index is 231. The van der Waals surface area contributed by atoms with E-state index in [1.54, 1.807) is 0 Å². The van der Waals surface area contributed by atoms with E-state index in [1.165, 1.54) is 13.1 Å². The molecule has 2 N–H and O–H groups in total. The van der Waals surface area contributed by atoms with Gasteiger partial charge in [0.2, 0.25) is 5.91 Å². The van der Waals surface area contributed by atoms with E-state index in [0.717, 1.165) is 0 Å². The number of hydrogen-bond acceptors (Lipinski definition) is 2. The van der Waals surface area contributed by atoms with Gasteiger partial charge in [-0.1, -0.05) is 13.8 Å². The summed E-state index contributed by atoms with van der Waals surface area (Å²) in [6.07, 6.45) is 1.71. The van der Waals surface area contributed by atoms with Gasteiger partial charge in [0.05, 0.1) is 5.57 Å². The minimum atomic E-state index is -0.984. The molecule has 0 fully saturated rings. The highest BCUT2D eigenvalue weighted by atomic mass is 16.4. The van der Waals surface area contributed by atoms with Crippen molar-refractivity contribution in [1.82, 2.24) is 5.32 Å². The average molecular weight is 185 g/mol. The van der Waals surface area contributed by atoms with Gasteiger partial charge in [-0.25, -0.2) is 4.79 Å². The first-order valence-corrected chi connectivity index (χ1v) is 4.13. The first-order valence-electron chi connectivity index (χ1n) is 4.13. The van der Waals surface area contributed by atoms with Crippen LogP contribution in [0.4, 0.5) is 0 Å². The molecule has 0 aromatic carbocycles. The van der Waals surface area contributed by atoms with Gasteiger partial charge in [-0.3, -0.25) is 4.79 Å². The molecule has 0 aliphatic rings. The topological polar surface area (TPSA) is 66.4 Å². The summed E-state index contributed by atoms with van der Waals surface area (Å²) in [4.78, 5) is 21.1. The molecule has 0 aliphatic carbocycles. The van der Waals surface area contributed by atoms with Gasteiger partial charge in [0, 0.05) is 13.1 Å². The van der Waals surface area contributed by atoms with Crippen LogP contribution >= 0.6 is 0 Å². The molecular weight excluding hydrogens is 170 g/mol. The summed E-state index contributed by atoms with van der Waals surface area (Å²) in [6, 6.07) is 0. The largest absolute Gasteiger partial charge is 0.478 e. The van der Waals surface area contributed by atoms with Crippen molar-refractivity contribution in [1.29, 1.82) is 0 Å². The van der Waals surface area contributed by atoms with Crippen molar-refractivity contribution in [2.75, 3.05) is 0 Å². The number of carbonyl (C=O) groups is 2. The number of amides is 1. The summed E-state index contributed by atoms with van der Waals surface area (Å²) in [7, 11) is 0. The maximum absolute atomic E-state index is 10.6. The molecule has 0 aromatic heterocycles. The second-order valence-corrected chi connectivity index (χ2v) is 3.27. The fourth-order valence-corrected chi connectivity index (χ4v) is 0.837. The van der Waals surface area contributed by atoms with Gasteiger partial charge in [-0.15, -0.1) is 0 Å². The molecule has 0 unspecified atom stereocenters. The van der Waals surface area contributed by atoms with Gasteiger partial charge in [0.15, 0.2) is 0 Å². The van der Waals surface area contributed by atoms with Crippen LogP contribution in [0.15, 0.2) is 11.8 Å². The highest BCUT2D eigenvalue weighted by Gasteiger charge is 2.09. The number of aliphatic carboxylic acids is 1. The number of hydrogen-bond donors (Lipinski definition) is 2. The number of carboxylic acid groups (broad SMARTS) is 1. The first kappa shape index (κ1) is 11.7. The SMILES string of the molecule is CC(=O)NC=C(CC(C)C)C(=O)O. The molecule has 0 radical (unpaired) electrons. The van der Waals surface area contributed by atoms with Crippen LogP contribution in [-0.2, 0) is 9.59 Å². The minimum absolute atomic E-state index is 0.227. The monoisotopic (exact) mass is 185 g/mol. The zero-order valence-corrected chi connectivity index (χ0v) is 8.13. The third-order valence-corrected chi connectivity index (χ3v) is 1.35. The standard InChI is InChI=1S/C9H15NO3/c1-6(2)4-8(9(12)13)5-10-7(3)11/h5-6H,4H2,1-3H3,(H,10,11)(H,12,13). The van der Waals surface area contributed by atoms with Crippen LogP contribution in [0.3, 0.4) is 0 Å². The quantitative estimate of drug-likeness (QED) is 0.645. The van der Waals surface area contributed by atoms with E-state index in [4.69, 9.17) is 5.11 Å². The van der Waals surface area contributed by atoms with E-state index in [1.807, 2.05) is 13.8 Å². The molecule has 1 amide bonds. The van der Waals surface area contributed by atoms with Crippen molar-refractivity contribution in [2.45, 2.75) is 27.2 Å². The van der Waals surface area contributed by atoms with Crippen molar-refractivity contribution in [2.24, 2.45) is 5.92 Å². The Morgan fingerprint density at radius 1 is 1.46 bits per heavy atom. The van der Waals surface area contributed by atoms with Crippen molar-refractivity contribution in [3.8, 4) is 0 Å². The maximum Gasteiger partial charge on any atom is 0.333 e. The van der Waals surface area contributed by atoms with Crippen LogP contribution in [0.25, 0.3) is 0 Å². The number of rotatable bonds is 4. The molecular formula is C9H15NO3. The third kappa shape index (κ3) is 5.90. The molecule has 0 saturated carbocycles. The molecule has 0 rings (SSSR count). The lowest BCUT2D eigenvalue weighted by molar-refractivity contribution is -0.132. The Hall–Kier alpha value is -1.32. The van der Waals surface area contributed by atoms with E-state index in [9.17, 15) is 9.59 Å². The molecule has 13 heavy (non-hydrogen) atoms. The van der Waals surface area contributed by atoms with Gasteiger partial charge >= 0.3 is 5.97 Å². The van der Waals surface area contributed by atoms with E-state index >= 15 is 0 Å². The Labute approximate surface area is 77.6 Å². The van der Waals surface area contributed by atoms with Crippen LogP contribution in [-0.4, -0.2) is 17.0 Å². The summed E-state index contributed by atoms with van der Waals surface area (Å²) in [5.74, 6) is -0.985. The van der Waals surface area contributed by atoms with Crippen molar-refractivity contribution in [3.05, 3.63) is 11.8 Å². The third-order valence-electron chi connectivity index (χ3n) is 1.35. The van der Waals surface area contributed by atoms with Crippen LogP contribution in [0.2, 0.25) is 0 Å². The smallest absolute Gasteiger partial charge is 0.333 e. The number of carboxylic acids is 1. The first-order chi connectivity index (χ1) is 5.93. The summed E-state index contributed by atoms with van der Waals surface area (Å²) in [6.45, 7) is 5.18. The summed E-state index contributed by atoms with van der Waals surface area (Å²) < 4.78 is 0. The maximum atomic E-state index is 10.6. The predicted molar refractivity (Wildman–Crippen MR) is 49.0 cm³/mol. The van der Waals surface area contributed by atoms with Gasteiger partial charge in [-0.2, -0.15) is 0 Å². The summed E-state index contributed by atoms with van der Waals surface area (Å²) in [5.41, 5.74) is 0.227. The molecule has 4 nitrogen and oxygen atoms in total. The highest BCUT2D eigenvalue weighted by molar-refractivity contribution is 5.87. The lowest BCUT2D eigenvalue weighted by Crippen LogP contribution is -2.16. The van der Waals surface area contributed by atoms with E-state index in [0.29, 0.717) is 6.42 Å². The molecule has 0 aromatic rings. The normalized spacial score (nSPS) is 11.5. The van der Waals surface area contributed by atoms with Gasteiger partial charge < -0.3 is 10.4 Å². The van der Waals surface area contributed by atoms with E-state index in [-0.39, 0.29) is 17.4 Å². The number of nitrogens with one attached hydrogen (secondary N) is 1. The van der Waals surface area contributed by atoms with Gasteiger partial charge in [-0.05, 0) is 12.3 Å². The second-order valence-electron chi connectivity index (χ2n) is 3.27. The lowest BCUT2D eigenvalue weighted by Gasteiger charge is -2.05. The molecule has 4 heteroatoms. The van der Waals surface area contributed by atoms with Crippen molar-refractivity contribution in [3.63, 3.8) is 0 Å². The molecule has 0 atom stereocenters. The van der Waals surface area contributed by atoms with Crippen LogP contribution in [0, 0.1) is 5.92 Å². The molecule has 0 heterocycles. The Balaban J connectivity index is 4.32. The molecule has 0 spiro atoms. The van der Waals surface area contributed by atoms with Crippen LogP contribution < -0.4 is 5.32 Å². The Morgan fingerprint density at radius 3 is 2.31 bits per heavy atom. The molecule has 0 aliphatic heterocycles. The summed E-state index contributed by atoms with van der Waals surface area (Å²) in [5, 5.41) is 11.1. The van der Waals surface area contributed by atoms with Crippen LogP contribution in [0.5, 0.6) is 0 Å². The van der Waals surface area contributed by atoms with Crippen molar-refractivity contribution < 1.29 is 14.7 Å².